The molecule has 2 aliphatic rings. The smallest absolute Gasteiger partial charge is 0.166 e. The fourth-order valence-corrected chi connectivity index (χ4v) is 4.21. The van der Waals surface area contributed by atoms with Crippen LogP contribution in [0.25, 0.3) is 11.1 Å². The summed E-state index contributed by atoms with van der Waals surface area (Å²) in [6.45, 7) is 7.53. The topological polar surface area (TPSA) is 0 Å². The highest BCUT2D eigenvalue weighted by Crippen LogP contribution is 2.33. The van der Waals surface area contributed by atoms with Crippen molar-refractivity contribution in [2.75, 3.05) is 0 Å². The van der Waals surface area contributed by atoms with Crippen molar-refractivity contribution in [3.8, 4) is 0 Å². The fourth-order valence-electron chi connectivity index (χ4n) is 4.21. The summed E-state index contributed by atoms with van der Waals surface area (Å²) in [5.74, 6) is -1.50. The van der Waals surface area contributed by atoms with Crippen molar-refractivity contribution in [3.05, 3.63) is 81.9 Å². The summed E-state index contributed by atoms with van der Waals surface area (Å²) in [6.07, 6.45) is 9.82. The Kier molecular flexibility index (Phi) is 7.97. The predicted octanol–water partition coefficient (Wildman–Crippen LogP) is 8.95. The molecule has 0 nitrogen and oxygen atoms in total. The summed E-state index contributed by atoms with van der Waals surface area (Å²) >= 11 is 0. The van der Waals surface area contributed by atoms with E-state index in [0.29, 0.717) is 34.1 Å². The predicted molar refractivity (Wildman–Crippen MR) is 124 cm³/mol. The molecule has 0 spiro atoms. The van der Waals surface area contributed by atoms with Crippen molar-refractivity contribution in [2.24, 2.45) is 11.8 Å². The van der Waals surface area contributed by atoms with Crippen molar-refractivity contribution in [1.82, 2.24) is 0 Å². The Morgan fingerprint density at radius 2 is 0.969 bits per heavy atom. The van der Waals surface area contributed by atoms with Crippen LogP contribution in [0.15, 0.2) is 36.4 Å². The Balaban J connectivity index is 0.000000181. The average molecular weight is 445 g/mol. The third-order valence-electron chi connectivity index (χ3n) is 6.59. The summed E-state index contributed by atoms with van der Waals surface area (Å²) in [7, 11) is 0. The van der Waals surface area contributed by atoms with Gasteiger partial charge < -0.3 is 0 Å². The second kappa shape index (κ2) is 10.5. The van der Waals surface area contributed by atoms with Crippen LogP contribution in [0, 0.1) is 49.0 Å². The Morgan fingerprint density at radius 1 is 0.594 bits per heavy atom. The first-order chi connectivity index (χ1) is 15.2. The fraction of sp³-hybridized carbons (Fsp3) is 0.429. The molecule has 4 rings (SSSR count). The normalized spacial score (nSPS) is 20.8. The zero-order valence-corrected chi connectivity index (χ0v) is 19.4. The molecule has 0 fully saturated rings. The maximum absolute atomic E-state index is 13.7. The number of hydrogen-bond donors (Lipinski definition) is 0. The molecule has 0 saturated heterocycles. The molecule has 2 aliphatic carbocycles. The molecule has 172 valence electrons. The molecule has 0 heterocycles. The van der Waals surface area contributed by atoms with Crippen LogP contribution in [0.5, 0.6) is 0 Å². The van der Waals surface area contributed by atoms with Gasteiger partial charge in [0, 0.05) is 11.1 Å². The number of halogens is 4. The minimum Gasteiger partial charge on any atom is -0.203 e. The van der Waals surface area contributed by atoms with E-state index in [0.717, 1.165) is 49.7 Å². The number of rotatable bonds is 2. The zero-order valence-electron chi connectivity index (χ0n) is 19.4. The van der Waals surface area contributed by atoms with Gasteiger partial charge in [0.2, 0.25) is 0 Å². The highest BCUT2D eigenvalue weighted by Gasteiger charge is 2.18. The molecule has 0 amide bonds. The Hall–Kier alpha value is -2.36. The monoisotopic (exact) mass is 444 g/mol. The van der Waals surface area contributed by atoms with E-state index in [4.69, 9.17) is 0 Å². The maximum atomic E-state index is 13.7. The van der Waals surface area contributed by atoms with Gasteiger partial charge in [-0.1, -0.05) is 50.3 Å². The number of benzene rings is 2. The van der Waals surface area contributed by atoms with Crippen LogP contribution >= 0.6 is 0 Å². The van der Waals surface area contributed by atoms with E-state index < -0.39 is 23.3 Å². The summed E-state index contributed by atoms with van der Waals surface area (Å²) < 4.78 is 54.3. The highest BCUT2D eigenvalue weighted by atomic mass is 19.2. The standard InChI is InChI=1S/2C14H16F2/c2*1-9-3-6-11(7-4-9)12-8-5-10(2)13(15)14(12)16/h2*5-6,8-9H,3-4,7H2,1-2H3. The summed E-state index contributed by atoms with van der Waals surface area (Å²) in [5.41, 5.74) is 3.52. The van der Waals surface area contributed by atoms with E-state index >= 15 is 0 Å². The lowest BCUT2D eigenvalue weighted by Crippen LogP contribution is -2.03. The van der Waals surface area contributed by atoms with Crippen molar-refractivity contribution < 1.29 is 17.6 Å². The molecular formula is C28H32F4. The van der Waals surface area contributed by atoms with Crippen molar-refractivity contribution in [2.45, 2.75) is 66.2 Å². The minimum absolute atomic E-state index is 0.367. The van der Waals surface area contributed by atoms with Crippen molar-refractivity contribution >= 4 is 11.1 Å². The number of allylic oxidation sites excluding steroid dienone is 4. The highest BCUT2D eigenvalue weighted by molar-refractivity contribution is 5.68. The van der Waals surface area contributed by atoms with Gasteiger partial charge in [-0.05, 0) is 86.5 Å². The van der Waals surface area contributed by atoms with Crippen LogP contribution in [0.4, 0.5) is 17.6 Å². The van der Waals surface area contributed by atoms with Gasteiger partial charge in [0.1, 0.15) is 0 Å². The van der Waals surface area contributed by atoms with Crippen LogP contribution in [0.1, 0.15) is 74.6 Å². The maximum Gasteiger partial charge on any atom is 0.166 e. The number of hydrogen-bond acceptors (Lipinski definition) is 0. The van der Waals surface area contributed by atoms with Gasteiger partial charge in [0.25, 0.3) is 0 Å². The summed E-state index contributed by atoms with van der Waals surface area (Å²) in [6, 6.07) is 6.67. The first-order valence-electron chi connectivity index (χ1n) is 11.5. The van der Waals surface area contributed by atoms with E-state index in [9.17, 15) is 17.6 Å². The van der Waals surface area contributed by atoms with Gasteiger partial charge in [-0.2, -0.15) is 0 Å². The van der Waals surface area contributed by atoms with Crippen molar-refractivity contribution in [3.63, 3.8) is 0 Å². The Bertz CT molecular complexity index is 949. The van der Waals surface area contributed by atoms with Gasteiger partial charge in [0.15, 0.2) is 23.3 Å². The van der Waals surface area contributed by atoms with Gasteiger partial charge >= 0.3 is 0 Å². The molecule has 2 atom stereocenters. The van der Waals surface area contributed by atoms with Crippen molar-refractivity contribution in [1.29, 1.82) is 0 Å². The lowest BCUT2D eigenvalue weighted by atomic mass is 9.87. The molecule has 0 radical (unpaired) electrons. The van der Waals surface area contributed by atoms with Gasteiger partial charge in [-0.3, -0.25) is 0 Å². The van der Waals surface area contributed by atoms with Crippen LogP contribution < -0.4 is 0 Å². The van der Waals surface area contributed by atoms with E-state index in [-0.39, 0.29) is 0 Å². The van der Waals surface area contributed by atoms with E-state index in [1.54, 1.807) is 38.1 Å². The SMILES string of the molecule is Cc1ccc(C2=CCC(C)CC2)c(F)c1F.Cc1ccc(C2=CCC(C)CC2)c(F)c1F. The van der Waals surface area contributed by atoms with Crippen LogP contribution in [0.2, 0.25) is 0 Å². The molecule has 2 aromatic carbocycles. The lowest BCUT2D eigenvalue weighted by molar-refractivity contribution is 0.496. The van der Waals surface area contributed by atoms with Gasteiger partial charge in [0.05, 0.1) is 0 Å². The van der Waals surface area contributed by atoms with E-state index in [1.807, 2.05) is 12.2 Å². The summed E-state index contributed by atoms with van der Waals surface area (Å²) in [5, 5.41) is 0. The summed E-state index contributed by atoms with van der Waals surface area (Å²) in [4.78, 5) is 0. The molecule has 0 N–H and O–H groups in total. The second-order valence-electron chi connectivity index (χ2n) is 9.33. The molecule has 32 heavy (non-hydrogen) atoms. The first-order valence-corrected chi connectivity index (χ1v) is 11.5. The van der Waals surface area contributed by atoms with Crippen LogP contribution in [-0.2, 0) is 0 Å². The molecule has 0 bridgehead atoms. The van der Waals surface area contributed by atoms with E-state index in [1.165, 1.54) is 0 Å². The van der Waals surface area contributed by atoms with E-state index in [2.05, 4.69) is 13.8 Å². The minimum atomic E-state index is -0.711. The first kappa shape index (κ1) is 24.3. The number of aryl methyl sites for hydroxylation is 2. The molecule has 2 unspecified atom stereocenters. The molecule has 2 aromatic rings. The quantitative estimate of drug-likeness (QED) is 0.406. The third-order valence-corrected chi connectivity index (χ3v) is 6.59. The Morgan fingerprint density at radius 3 is 1.28 bits per heavy atom. The molecular weight excluding hydrogens is 412 g/mol. The molecule has 0 aromatic heterocycles. The van der Waals surface area contributed by atoms with Gasteiger partial charge in [-0.25, -0.2) is 17.6 Å². The second-order valence-corrected chi connectivity index (χ2v) is 9.33. The molecule has 0 aliphatic heterocycles. The van der Waals surface area contributed by atoms with Crippen LogP contribution in [-0.4, -0.2) is 0 Å². The molecule has 0 saturated carbocycles. The Labute approximate surface area is 189 Å². The average Bonchev–Trinajstić information content (AvgIpc) is 2.78. The lowest BCUT2D eigenvalue weighted by Gasteiger charge is -2.19. The van der Waals surface area contributed by atoms with Gasteiger partial charge in [-0.15, -0.1) is 0 Å². The largest absolute Gasteiger partial charge is 0.203 e. The molecule has 4 heteroatoms. The van der Waals surface area contributed by atoms with Crippen LogP contribution in [0.3, 0.4) is 0 Å². The zero-order chi connectivity index (χ0) is 23.4. The third kappa shape index (κ3) is 5.51.